The number of hydrogen-bond acceptors (Lipinski definition) is 4. The van der Waals surface area contributed by atoms with Gasteiger partial charge in [-0.2, -0.15) is 0 Å². The fraction of sp³-hybridized carbons (Fsp3) is 0.429. The van der Waals surface area contributed by atoms with Gasteiger partial charge in [-0.05, 0) is 31.4 Å². The molecule has 0 aliphatic carbocycles. The molecule has 1 unspecified atom stereocenters. The van der Waals surface area contributed by atoms with E-state index in [1.807, 2.05) is 24.3 Å². The van der Waals surface area contributed by atoms with Crippen molar-refractivity contribution >= 4 is 11.9 Å². The molecule has 0 amide bonds. The van der Waals surface area contributed by atoms with Crippen LogP contribution in [0.4, 0.5) is 0 Å². The summed E-state index contributed by atoms with van der Waals surface area (Å²) in [6.07, 6.45) is 1.15. The highest BCUT2D eigenvalue weighted by Crippen LogP contribution is 2.27. The zero-order valence-corrected chi connectivity index (χ0v) is 11.1. The number of aliphatic carboxylic acids is 1. The van der Waals surface area contributed by atoms with Gasteiger partial charge in [0.05, 0.1) is 6.61 Å². The van der Waals surface area contributed by atoms with E-state index < -0.39 is 12.1 Å². The van der Waals surface area contributed by atoms with E-state index in [0.717, 1.165) is 24.7 Å². The molecule has 0 saturated carbocycles. The third kappa shape index (κ3) is 4.99. The van der Waals surface area contributed by atoms with Gasteiger partial charge in [0, 0.05) is 6.92 Å². The lowest BCUT2D eigenvalue weighted by molar-refractivity contribution is -0.152. The van der Waals surface area contributed by atoms with Gasteiger partial charge in [-0.25, -0.2) is 4.79 Å². The number of esters is 1. The first-order valence-corrected chi connectivity index (χ1v) is 6.15. The number of carbonyl (C=O) groups is 2. The monoisotopic (exact) mass is 266 g/mol. The average Bonchev–Trinajstić information content (AvgIpc) is 2.38. The van der Waals surface area contributed by atoms with Gasteiger partial charge in [-0.1, -0.05) is 18.2 Å². The van der Waals surface area contributed by atoms with Crippen LogP contribution in [0.2, 0.25) is 0 Å². The molecular formula is C14H18O5. The number of carboxylic acids is 1. The number of carbonyl (C=O) groups excluding carboxylic acids is 1. The molecule has 0 spiro atoms. The van der Waals surface area contributed by atoms with Crippen molar-refractivity contribution in [2.75, 3.05) is 6.61 Å². The maximum absolute atomic E-state index is 11.5. The second-order valence-corrected chi connectivity index (χ2v) is 4.02. The van der Waals surface area contributed by atoms with Gasteiger partial charge >= 0.3 is 5.97 Å². The van der Waals surface area contributed by atoms with Gasteiger partial charge in [0.25, 0.3) is 5.97 Å². The normalized spacial score (nSPS) is 16.2. The largest absolute Gasteiger partial charge is 0.481 e. The lowest BCUT2D eigenvalue weighted by Gasteiger charge is -2.24. The third-order valence-corrected chi connectivity index (χ3v) is 2.47. The van der Waals surface area contributed by atoms with Crippen LogP contribution in [0.3, 0.4) is 0 Å². The van der Waals surface area contributed by atoms with Crippen LogP contribution in [0.25, 0.3) is 0 Å². The Morgan fingerprint density at radius 2 is 2.05 bits per heavy atom. The molecular weight excluding hydrogens is 248 g/mol. The Bertz CT molecular complexity index is 437. The highest BCUT2D eigenvalue weighted by Gasteiger charge is 2.26. The van der Waals surface area contributed by atoms with Gasteiger partial charge in [-0.15, -0.1) is 0 Å². The summed E-state index contributed by atoms with van der Waals surface area (Å²) in [5.74, 6) is -0.284. The molecule has 1 aromatic carbocycles. The number of rotatable bonds is 2. The van der Waals surface area contributed by atoms with Crippen LogP contribution >= 0.6 is 0 Å². The summed E-state index contributed by atoms with van der Waals surface area (Å²) >= 11 is 0. The highest BCUT2D eigenvalue weighted by molar-refractivity contribution is 5.75. The summed E-state index contributed by atoms with van der Waals surface area (Å²) in [7, 11) is 0. The van der Waals surface area contributed by atoms with Crippen LogP contribution in [-0.2, 0) is 20.7 Å². The molecule has 5 heteroatoms. The zero-order valence-electron chi connectivity index (χ0n) is 11.1. The first-order chi connectivity index (χ1) is 9.04. The van der Waals surface area contributed by atoms with E-state index >= 15 is 0 Å². The van der Waals surface area contributed by atoms with E-state index in [9.17, 15) is 4.79 Å². The summed E-state index contributed by atoms with van der Waals surface area (Å²) in [6.45, 7) is 3.29. The van der Waals surface area contributed by atoms with E-state index in [1.54, 1.807) is 6.92 Å². The molecule has 104 valence electrons. The van der Waals surface area contributed by atoms with Crippen molar-refractivity contribution in [1.29, 1.82) is 0 Å². The lowest BCUT2D eigenvalue weighted by Crippen LogP contribution is -2.32. The van der Waals surface area contributed by atoms with E-state index in [2.05, 4.69) is 0 Å². The number of para-hydroxylation sites is 1. The smallest absolute Gasteiger partial charge is 0.347 e. The molecule has 1 heterocycles. The summed E-state index contributed by atoms with van der Waals surface area (Å²) < 4.78 is 10.5. The molecule has 1 atom stereocenters. The molecule has 0 radical (unpaired) electrons. The Morgan fingerprint density at radius 3 is 2.68 bits per heavy atom. The Balaban J connectivity index is 0.000000399. The number of benzene rings is 1. The maximum atomic E-state index is 11.5. The van der Waals surface area contributed by atoms with Crippen LogP contribution in [0.1, 0.15) is 25.8 Å². The predicted molar refractivity (Wildman–Crippen MR) is 69.1 cm³/mol. The molecule has 0 bridgehead atoms. The van der Waals surface area contributed by atoms with Crippen molar-refractivity contribution in [1.82, 2.24) is 0 Å². The number of ether oxygens (including phenoxy) is 2. The van der Waals surface area contributed by atoms with Crippen LogP contribution < -0.4 is 4.74 Å². The van der Waals surface area contributed by atoms with Crippen molar-refractivity contribution < 1.29 is 24.2 Å². The summed E-state index contributed by atoms with van der Waals surface area (Å²) in [5, 5.41) is 7.42. The van der Waals surface area contributed by atoms with E-state index in [4.69, 9.17) is 19.4 Å². The first kappa shape index (κ1) is 15.0. The number of aryl methyl sites for hydroxylation is 1. The molecule has 1 aliphatic heterocycles. The molecule has 5 nitrogen and oxygen atoms in total. The minimum absolute atomic E-state index is 0.257. The van der Waals surface area contributed by atoms with E-state index in [-0.39, 0.29) is 5.97 Å². The second-order valence-electron chi connectivity index (χ2n) is 4.02. The van der Waals surface area contributed by atoms with Crippen LogP contribution in [0.15, 0.2) is 24.3 Å². The maximum Gasteiger partial charge on any atom is 0.347 e. The molecule has 0 fully saturated rings. The molecule has 19 heavy (non-hydrogen) atoms. The number of fused-ring (bicyclic) bond motifs is 1. The van der Waals surface area contributed by atoms with Crippen molar-refractivity contribution in [3.8, 4) is 5.75 Å². The topological polar surface area (TPSA) is 72.8 Å². The van der Waals surface area contributed by atoms with Crippen LogP contribution in [0, 0.1) is 0 Å². The summed E-state index contributed by atoms with van der Waals surface area (Å²) in [5.41, 5.74) is 1.16. The van der Waals surface area contributed by atoms with E-state index in [0.29, 0.717) is 13.0 Å². The van der Waals surface area contributed by atoms with Crippen molar-refractivity contribution in [3.63, 3.8) is 0 Å². The quantitative estimate of drug-likeness (QED) is 0.829. The van der Waals surface area contributed by atoms with Gasteiger partial charge in [0.2, 0.25) is 0 Å². The molecule has 0 aromatic heterocycles. The Kier molecular flexibility index (Phi) is 5.85. The number of hydrogen-bond donors (Lipinski definition) is 1. The highest BCUT2D eigenvalue weighted by atomic mass is 16.6. The predicted octanol–water partition coefficient (Wildman–Crippen LogP) is 2.03. The lowest BCUT2D eigenvalue weighted by atomic mass is 10.0. The summed E-state index contributed by atoms with van der Waals surface area (Å²) in [6, 6.07) is 7.80. The zero-order chi connectivity index (χ0) is 14.3. The number of carboxylic acid groups (broad SMARTS) is 1. The second kappa shape index (κ2) is 7.41. The van der Waals surface area contributed by atoms with Crippen molar-refractivity contribution in [2.24, 2.45) is 0 Å². The molecule has 1 N–H and O–H groups in total. The Labute approximate surface area is 112 Å². The molecule has 0 saturated heterocycles. The fourth-order valence-electron chi connectivity index (χ4n) is 1.73. The standard InChI is InChI=1S/C12H14O3.C2H4O2/c1-2-14-12(13)11-8-7-9-5-3-4-6-10(9)15-11;1-2(3)4/h3-6,11H,2,7-8H2,1H3;1H3,(H,3,4). The van der Waals surface area contributed by atoms with Crippen LogP contribution in [-0.4, -0.2) is 29.8 Å². The van der Waals surface area contributed by atoms with Crippen molar-refractivity contribution in [3.05, 3.63) is 29.8 Å². The van der Waals surface area contributed by atoms with Crippen LogP contribution in [0.5, 0.6) is 5.75 Å². The molecule has 2 rings (SSSR count). The third-order valence-electron chi connectivity index (χ3n) is 2.47. The minimum atomic E-state index is -0.833. The molecule has 1 aliphatic rings. The minimum Gasteiger partial charge on any atom is -0.481 e. The van der Waals surface area contributed by atoms with Crippen molar-refractivity contribution in [2.45, 2.75) is 32.8 Å². The SMILES string of the molecule is CC(=O)O.CCOC(=O)C1CCc2ccccc2O1. The van der Waals surface area contributed by atoms with E-state index in [1.165, 1.54) is 0 Å². The molecule has 1 aromatic rings. The van der Waals surface area contributed by atoms with Gasteiger partial charge < -0.3 is 14.6 Å². The average molecular weight is 266 g/mol. The Morgan fingerprint density at radius 1 is 1.42 bits per heavy atom. The van der Waals surface area contributed by atoms with Gasteiger partial charge in [-0.3, -0.25) is 4.79 Å². The first-order valence-electron chi connectivity index (χ1n) is 6.15. The fourth-order valence-corrected chi connectivity index (χ4v) is 1.73. The summed E-state index contributed by atoms with van der Waals surface area (Å²) in [4.78, 5) is 20.5. The van der Waals surface area contributed by atoms with Gasteiger partial charge in [0.1, 0.15) is 5.75 Å². The Hall–Kier alpha value is -2.04. The van der Waals surface area contributed by atoms with Gasteiger partial charge in [0.15, 0.2) is 6.10 Å².